The molecule has 0 radical (unpaired) electrons. The van der Waals surface area contributed by atoms with E-state index in [1.807, 2.05) is 18.7 Å². The summed E-state index contributed by atoms with van der Waals surface area (Å²) in [4.78, 5) is 15.1. The molecule has 2 aliphatic rings. The monoisotopic (exact) mass is 368 g/mol. The van der Waals surface area contributed by atoms with Crippen LogP contribution in [-0.4, -0.2) is 23.4 Å². The first-order chi connectivity index (χ1) is 11.5. The summed E-state index contributed by atoms with van der Waals surface area (Å²) < 4.78 is 13.2. The Labute approximate surface area is 156 Å². The SMILES string of the molecule is CCN(C(=O)C1CC2CCCC(C1)C2N)C(C)c1ccc(F)cc1.Cl. The molecule has 140 valence electrons. The van der Waals surface area contributed by atoms with E-state index in [-0.39, 0.29) is 42.1 Å². The Balaban J connectivity index is 0.00000225. The number of halogens is 2. The molecule has 2 bridgehead atoms. The van der Waals surface area contributed by atoms with Gasteiger partial charge in [-0.25, -0.2) is 4.39 Å². The third-order valence-electron chi connectivity index (χ3n) is 6.21. The number of amides is 1. The number of fused-ring (bicyclic) bond motifs is 2. The molecule has 3 rings (SSSR count). The van der Waals surface area contributed by atoms with E-state index < -0.39 is 0 Å². The van der Waals surface area contributed by atoms with Crippen molar-refractivity contribution in [3.05, 3.63) is 35.6 Å². The van der Waals surface area contributed by atoms with Crippen LogP contribution in [0.15, 0.2) is 24.3 Å². The lowest BCUT2D eigenvalue weighted by Gasteiger charge is -2.45. The zero-order chi connectivity index (χ0) is 17.3. The molecular weight excluding hydrogens is 339 g/mol. The predicted octanol–water partition coefficient (Wildman–Crippen LogP) is 4.31. The van der Waals surface area contributed by atoms with Crippen molar-refractivity contribution in [2.45, 2.75) is 58.0 Å². The summed E-state index contributed by atoms with van der Waals surface area (Å²) in [5.41, 5.74) is 7.35. The lowest BCUT2D eigenvalue weighted by molar-refractivity contribution is -0.140. The molecule has 2 aliphatic carbocycles. The van der Waals surface area contributed by atoms with Gasteiger partial charge < -0.3 is 10.6 Å². The number of rotatable bonds is 4. The first-order valence-corrected chi connectivity index (χ1v) is 9.32. The molecule has 0 spiro atoms. The topological polar surface area (TPSA) is 46.3 Å². The molecule has 1 aromatic rings. The van der Waals surface area contributed by atoms with Gasteiger partial charge in [0.1, 0.15) is 5.82 Å². The normalized spacial score (nSPS) is 29.4. The molecule has 2 saturated carbocycles. The van der Waals surface area contributed by atoms with Gasteiger partial charge in [-0.2, -0.15) is 0 Å². The molecule has 0 aliphatic heterocycles. The molecule has 0 aromatic heterocycles. The van der Waals surface area contributed by atoms with E-state index in [0.717, 1.165) is 18.4 Å². The fraction of sp³-hybridized carbons (Fsp3) is 0.650. The quantitative estimate of drug-likeness (QED) is 0.860. The number of nitrogens with zero attached hydrogens (tertiary/aromatic N) is 1. The number of carbonyl (C=O) groups is 1. The Morgan fingerprint density at radius 2 is 1.80 bits per heavy atom. The number of benzene rings is 1. The molecule has 3 nitrogen and oxygen atoms in total. The number of carbonyl (C=O) groups excluding carboxylic acids is 1. The highest BCUT2D eigenvalue weighted by atomic mass is 35.5. The van der Waals surface area contributed by atoms with Crippen LogP contribution in [0.25, 0.3) is 0 Å². The van der Waals surface area contributed by atoms with E-state index in [0.29, 0.717) is 18.4 Å². The number of hydrogen-bond acceptors (Lipinski definition) is 2. The Morgan fingerprint density at radius 1 is 1.24 bits per heavy atom. The van der Waals surface area contributed by atoms with Crippen LogP contribution in [0.5, 0.6) is 0 Å². The molecule has 5 heteroatoms. The third-order valence-corrected chi connectivity index (χ3v) is 6.21. The molecule has 2 fully saturated rings. The van der Waals surface area contributed by atoms with Crippen LogP contribution < -0.4 is 5.73 Å². The Bertz CT molecular complexity index is 566. The van der Waals surface area contributed by atoms with Gasteiger partial charge in [-0.1, -0.05) is 18.6 Å². The van der Waals surface area contributed by atoms with Crippen LogP contribution in [0.3, 0.4) is 0 Å². The van der Waals surface area contributed by atoms with Crippen LogP contribution >= 0.6 is 12.4 Å². The molecular formula is C20H30ClFN2O. The van der Waals surface area contributed by atoms with Gasteiger partial charge in [-0.3, -0.25) is 4.79 Å². The lowest BCUT2D eigenvalue weighted by atomic mass is 9.65. The van der Waals surface area contributed by atoms with Gasteiger partial charge in [0.25, 0.3) is 0 Å². The van der Waals surface area contributed by atoms with E-state index >= 15 is 0 Å². The lowest BCUT2D eigenvalue weighted by Crippen LogP contribution is -2.50. The fourth-order valence-corrected chi connectivity index (χ4v) is 4.77. The van der Waals surface area contributed by atoms with Gasteiger partial charge in [0.05, 0.1) is 6.04 Å². The van der Waals surface area contributed by atoms with Crippen molar-refractivity contribution in [1.82, 2.24) is 4.90 Å². The minimum atomic E-state index is -0.241. The van der Waals surface area contributed by atoms with Crippen molar-refractivity contribution in [1.29, 1.82) is 0 Å². The fourth-order valence-electron chi connectivity index (χ4n) is 4.77. The summed E-state index contributed by atoms with van der Waals surface area (Å²) in [5, 5.41) is 0. The first-order valence-electron chi connectivity index (χ1n) is 9.32. The average Bonchev–Trinajstić information content (AvgIpc) is 2.55. The van der Waals surface area contributed by atoms with Gasteiger partial charge in [-0.15, -0.1) is 12.4 Å². The largest absolute Gasteiger partial charge is 0.336 e. The maximum absolute atomic E-state index is 13.2. The summed E-state index contributed by atoms with van der Waals surface area (Å²) >= 11 is 0. The second kappa shape index (κ2) is 8.50. The minimum Gasteiger partial charge on any atom is -0.336 e. The van der Waals surface area contributed by atoms with Crippen LogP contribution in [0.4, 0.5) is 4.39 Å². The molecule has 3 atom stereocenters. The Hall–Kier alpha value is -1.13. The second-order valence-electron chi connectivity index (χ2n) is 7.55. The standard InChI is InChI=1S/C20H29FN2O.ClH/c1-3-23(13(2)14-7-9-18(21)10-8-14)20(24)17-11-15-5-4-6-16(12-17)19(15)22;/h7-10,13,15-17,19H,3-6,11-12,22H2,1-2H3;1H. The van der Waals surface area contributed by atoms with Crippen LogP contribution in [-0.2, 0) is 4.79 Å². The zero-order valence-corrected chi connectivity index (χ0v) is 16.0. The van der Waals surface area contributed by atoms with E-state index in [1.165, 1.54) is 31.4 Å². The van der Waals surface area contributed by atoms with Crippen molar-refractivity contribution in [2.24, 2.45) is 23.5 Å². The average molecular weight is 369 g/mol. The molecule has 3 unspecified atom stereocenters. The Morgan fingerprint density at radius 3 is 2.32 bits per heavy atom. The molecule has 2 N–H and O–H groups in total. The summed E-state index contributed by atoms with van der Waals surface area (Å²) in [7, 11) is 0. The van der Waals surface area contributed by atoms with Crippen LogP contribution in [0.2, 0.25) is 0 Å². The molecule has 0 saturated heterocycles. The van der Waals surface area contributed by atoms with Gasteiger partial charge in [0, 0.05) is 18.5 Å². The molecule has 1 aromatic carbocycles. The van der Waals surface area contributed by atoms with E-state index in [1.54, 1.807) is 12.1 Å². The maximum Gasteiger partial charge on any atom is 0.226 e. The summed E-state index contributed by atoms with van der Waals surface area (Å²) in [6.45, 7) is 4.73. The van der Waals surface area contributed by atoms with Crippen molar-refractivity contribution in [3.63, 3.8) is 0 Å². The van der Waals surface area contributed by atoms with Crippen molar-refractivity contribution in [3.8, 4) is 0 Å². The first kappa shape index (κ1) is 20.2. The van der Waals surface area contributed by atoms with Gasteiger partial charge in [0.2, 0.25) is 5.91 Å². The smallest absolute Gasteiger partial charge is 0.226 e. The predicted molar refractivity (Wildman–Crippen MR) is 101 cm³/mol. The maximum atomic E-state index is 13.2. The van der Waals surface area contributed by atoms with Crippen LogP contribution in [0.1, 0.15) is 57.6 Å². The van der Waals surface area contributed by atoms with Crippen molar-refractivity contribution in [2.75, 3.05) is 6.54 Å². The van der Waals surface area contributed by atoms with E-state index in [2.05, 4.69) is 0 Å². The highest BCUT2D eigenvalue weighted by molar-refractivity contribution is 5.85. The van der Waals surface area contributed by atoms with Crippen LogP contribution in [0, 0.1) is 23.6 Å². The summed E-state index contributed by atoms with van der Waals surface area (Å²) in [6, 6.07) is 6.75. The Kier molecular flexibility index (Phi) is 6.86. The minimum absolute atomic E-state index is 0. The summed E-state index contributed by atoms with van der Waals surface area (Å²) in [6.07, 6.45) is 5.46. The van der Waals surface area contributed by atoms with Crippen molar-refractivity contribution >= 4 is 18.3 Å². The number of nitrogens with two attached hydrogens (primary N) is 1. The van der Waals surface area contributed by atoms with Gasteiger partial charge in [0.15, 0.2) is 0 Å². The molecule has 0 heterocycles. The van der Waals surface area contributed by atoms with E-state index in [4.69, 9.17) is 5.73 Å². The highest BCUT2D eigenvalue weighted by Gasteiger charge is 2.42. The summed E-state index contributed by atoms with van der Waals surface area (Å²) in [5.74, 6) is 1.12. The van der Waals surface area contributed by atoms with Gasteiger partial charge in [-0.05, 0) is 69.1 Å². The van der Waals surface area contributed by atoms with Gasteiger partial charge >= 0.3 is 0 Å². The number of hydrogen-bond donors (Lipinski definition) is 1. The van der Waals surface area contributed by atoms with E-state index in [9.17, 15) is 9.18 Å². The highest BCUT2D eigenvalue weighted by Crippen LogP contribution is 2.43. The molecule has 1 amide bonds. The zero-order valence-electron chi connectivity index (χ0n) is 15.2. The second-order valence-corrected chi connectivity index (χ2v) is 7.55. The van der Waals surface area contributed by atoms with Crippen molar-refractivity contribution < 1.29 is 9.18 Å². The third kappa shape index (κ3) is 4.17. The molecule has 25 heavy (non-hydrogen) atoms.